The van der Waals surface area contributed by atoms with Crippen molar-refractivity contribution in [3.8, 4) is 11.5 Å². The van der Waals surface area contributed by atoms with Crippen LogP contribution in [0.2, 0.25) is 0 Å². The van der Waals surface area contributed by atoms with Crippen LogP contribution in [0.3, 0.4) is 0 Å². The summed E-state index contributed by atoms with van der Waals surface area (Å²) in [4.78, 5) is 0. The van der Waals surface area contributed by atoms with Crippen LogP contribution in [0.25, 0.3) is 0 Å². The van der Waals surface area contributed by atoms with Crippen LogP contribution < -0.4 is 9.47 Å². The van der Waals surface area contributed by atoms with Crippen LogP contribution in [-0.2, 0) is 10.0 Å². The number of ether oxygens (including phenoxy) is 2. The van der Waals surface area contributed by atoms with E-state index < -0.39 is 16.1 Å². The minimum atomic E-state index is -3.51. The van der Waals surface area contributed by atoms with Gasteiger partial charge in [-0.15, -0.1) is 0 Å². The summed E-state index contributed by atoms with van der Waals surface area (Å²) >= 11 is 0. The van der Waals surface area contributed by atoms with Crippen molar-refractivity contribution in [3.63, 3.8) is 0 Å². The highest BCUT2D eigenvalue weighted by Crippen LogP contribution is 2.38. The molecule has 1 unspecified atom stereocenters. The SMILES string of the molecule is COc1ccc(C2=NN(S(C)(=O)=O)C(c3ccccc3OC)C2)cc1. The molecular formula is C18H20N2O4S. The van der Waals surface area contributed by atoms with Gasteiger partial charge in [0.15, 0.2) is 0 Å². The summed E-state index contributed by atoms with van der Waals surface area (Å²) in [5, 5.41) is 4.38. The number of sulfonamides is 1. The first-order valence-corrected chi connectivity index (χ1v) is 9.63. The Balaban J connectivity index is 2.01. The summed E-state index contributed by atoms with van der Waals surface area (Å²) in [6.45, 7) is 0. The Hall–Kier alpha value is -2.54. The second-order valence-corrected chi connectivity index (χ2v) is 7.61. The van der Waals surface area contributed by atoms with Crippen molar-refractivity contribution in [2.24, 2.45) is 5.10 Å². The molecule has 25 heavy (non-hydrogen) atoms. The molecule has 0 N–H and O–H groups in total. The van der Waals surface area contributed by atoms with Gasteiger partial charge in [0.05, 0.1) is 32.2 Å². The molecule has 0 saturated heterocycles. The summed E-state index contributed by atoms with van der Waals surface area (Å²) in [5.41, 5.74) is 2.37. The maximum Gasteiger partial charge on any atom is 0.247 e. The molecule has 0 aromatic heterocycles. The molecule has 0 radical (unpaired) electrons. The third kappa shape index (κ3) is 3.46. The van der Waals surface area contributed by atoms with Crippen LogP contribution in [0, 0.1) is 0 Å². The lowest BCUT2D eigenvalue weighted by Crippen LogP contribution is -2.26. The van der Waals surface area contributed by atoms with Crippen molar-refractivity contribution in [2.45, 2.75) is 12.5 Å². The zero-order valence-electron chi connectivity index (χ0n) is 14.3. The van der Waals surface area contributed by atoms with Gasteiger partial charge in [-0.05, 0) is 35.9 Å². The highest BCUT2D eigenvalue weighted by atomic mass is 32.2. The fourth-order valence-corrected chi connectivity index (χ4v) is 3.82. The molecule has 2 aromatic carbocycles. The molecule has 3 rings (SSSR count). The van der Waals surface area contributed by atoms with E-state index in [2.05, 4.69) is 5.10 Å². The highest BCUT2D eigenvalue weighted by molar-refractivity contribution is 7.88. The van der Waals surface area contributed by atoms with E-state index in [9.17, 15) is 8.42 Å². The van der Waals surface area contributed by atoms with Crippen LogP contribution in [0.15, 0.2) is 53.6 Å². The number of hydrazone groups is 1. The van der Waals surface area contributed by atoms with Gasteiger partial charge in [-0.2, -0.15) is 9.52 Å². The van der Waals surface area contributed by atoms with Crippen LogP contribution in [0.1, 0.15) is 23.6 Å². The smallest absolute Gasteiger partial charge is 0.247 e. The predicted octanol–water partition coefficient (Wildman–Crippen LogP) is 2.81. The van der Waals surface area contributed by atoms with Gasteiger partial charge in [-0.1, -0.05) is 18.2 Å². The average molecular weight is 360 g/mol. The van der Waals surface area contributed by atoms with E-state index in [1.165, 1.54) is 4.41 Å². The predicted molar refractivity (Wildman–Crippen MR) is 96.6 cm³/mol. The maximum absolute atomic E-state index is 12.3. The Labute approximate surface area is 147 Å². The summed E-state index contributed by atoms with van der Waals surface area (Å²) in [7, 11) is -0.337. The molecule has 6 nitrogen and oxygen atoms in total. The zero-order valence-corrected chi connectivity index (χ0v) is 15.2. The monoisotopic (exact) mass is 360 g/mol. The molecule has 0 saturated carbocycles. The summed E-state index contributed by atoms with van der Waals surface area (Å²) in [6, 6.07) is 14.4. The molecule has 7 heteroatoms. The lowest BCUT2D eigenvalue weighted by molar-refractivity contribution is 0.352. The van der Waals surface area contributed by atoms with Crippen molar-refractivity contribution in [2.75, 3.05) is 20.5 Å². The van der Waals surface area contributed by atoms with Gasteiger partial charge in [-0.3, -0.25) is 0 Å². The van der Waals surface area contributed by atoms with Gasteiger partial charge in [0, 0.05) is 12.0 Å². The van der Waals surface area contributed by atoms with Crippen molar-refractivity contribution in [3.05, 3.63) is 59.7 Å². The summed E-state index contributed by atoms with van der Waals surface area (Å²) in [6.07, 6.45) is 1.63. The lowest BCUT2D eigenvalue weighted by atomic mass is 9.98. The van der Waals surface area contributed by atoms with E-state index in [0.717, 1.165) is 23.1 Å². The Morgan fingerprint density at radius 3 is 2.32 bits per heavy atom. The van der Waals surface area contributed by atoms with Gasteiger partial charge in [0.1, 0.15) is 11.5 Å². The number of methoxy groups -OCH3 is 2. The van der Waals surface area contributed by atoms with Gasteiger partial charge in [-0.25, -0.2) is 8.42 Å². The molecule has 1 aliphatic rings. The number of para-hydroxylation sites is 1. The number of hydrogen-bond donors (Lipinski definition) is 0. The number of nitrogens with zero attached hydrogens (tertiary/aromatic N) is 2. The van der Waals surface area contributed by atoms with E-state index in [4.69, 9.17) is 9.47 Å². The normalized spacial score (nSPS) is 17.3. The van der Waals surface area contributed by atoms with Gasteiger partial charge in [0.25, 0.3) is 0 Å². The van der Waals surface area contributed by atoms with E-state index in [1.807, 2.05) is 48.5 Å². The van der Waals surface area contributed by atoms with E-state index in [-0.39, 0.29) is 0 Å². The highest BCUT2D eigenvalue weighted by Gasteiger charge is 2.35. The van der Waals surface area contributed by atoms with Crippen LogP contribution in [0.5, 0.6) is 11.5 Å². The first-order chi connectivity index (χ1) is 11.9. The maximum atomic E-state index is 12.3. The molecule has 1 aliphatic heterocycles. The topological polar surface area (TPSA) is 68.2 Å². The van der Waals surface area contributed by atoms with Gasteiger partial charge < -0.3 is 9.47 Å². The van der Waals surface area contributed by atoms with Crippen molar-refractivity contribution in [1.82, 2.24) is 4.41 Å². The molecular weight excluding hydrogens is 340 g/mol. The van der Waals surface area contributed by atoms with Crippen molar-refractivity contribution >= 4 is 15.7 Å². The van der Waals surface area contributed by atoms with Crippen molar-refractivity contribution in [1.29, 1.82) is 0 Å². The standard InChI is InChI=1S/C18H20N2O4S/c1-23-14-10-8-13(9-11-14)16-12-17(20(19-16)25(3,21)22)15-6-4-5-7-18(15)24-2/h4-11,17H,12H2,1-3H3. The van der Waals surface area contributed by atoms with Gasteiger partial charge in [0.2, 0.25) is 10.0 Å². The van der Waals surface area contributed by atoms with Crippen LogP contribution in [0.4, 0.5) is 0 Å². The minimum Gasteiger partial charge on any atom is -0.497 e. The molecule has 0 aliphatic carbocycles. The molecule has 0 bridgehead atoms. The zero-order chi connectivity index (χ0) is 18.0. The second kappa shape index (κ2) is 6.76. The van der Waals surface area contributed by atoms with E-state index in [0.29, 0.717) is 17.9 Å². The molecule has 1 atom stereocenters. The molecule has 0 spiro atoms. The Kier molecular flexibility index (Phi) is 4.67. The fraction of sp³-hybridized carbons (Fsp3) is 0.278. The largest absolute Gasteiger partial charge is 0.497 e. The first kappa shape index (κ1) is 17.3. The molecule has 1 heterocycles. The summed E-state index contributed by atoms with van der Waals surface area (Å²) < 4.78 is 36.2. The number of benzene rings is 2. The van der Waals surface area contributed by atoms with E-state index in [1.54, 1.807) is 14.2 Å². The van der Waals surface area contributed by atoms with Crippen LogP contribution in [-0.4, -0.2) is 39.0 Å². The molecule has 2 aromatic rings. The summed E-state index contributed by atoms with van der Waals surface area (Å²) in [5.74, 6) is 1.39. The Morgan fingerprint density at radius 2 is 1.72 bits per heavy atom. The first-order valence-electron chi connectivity index (χ1n) is 7.78. The molecule has 0 fully saturated rings. The Morgan fingerprint density at radius 1 is 1.04 bits per heavy atom. The molecule has 0 amide bonds. The molecule has 132 valence electrons. The fourth-order valence-electron chi connectivity index (χ4n) is 2.93. The quantitative estimate of drug-likeness (QED) is 0.822. The van der Waals surface area contributed by atoms with Crippen LogP contribution >= 0.6 is 0 Å². The second-order valence-electron chi connectivity index (χ2n) is 5.77. The average Bonchev–Trinajstić information content (AvgIpc) is 3.07. The van der Waals surface area contributed by atoms with Crippen molar-refractivity contribution < 1.29 is 17.9 Å². The third-order valence-electron chi connectivity index (χ3n) is 4.13. The third-order valence-corrected chi connectivity index (χ3v) is 5.15. The number of rotatable bonds is 5. The lowest BCUT2D eigenvalue weighted by Gasteiger charge is -2.23. The Bertz CT molecular complexity index is 892. The number of hydrogen-bond acceptors (Lipinski definition) is 5. The van der Waals surface area contributed by atoms with E-state index >= 15 is 0 Å². The van der Waals surface area contributed by atoms with Gasteiger partial charge >= 0.3 is 0 Å². The minimum absolute atomic E-state index is 0.428.